The minimum atomic E-state index is -0.223. The van der Waals surface area contributed by atoms with Crippen molar-refractivity contribution in [2.75, 3.05) is 6.61 Å². The summed E-state index contributed by atoms with van der Waals surface area (Å²) < 4.78 is 1.82. The van der Waals surface area contributed by atoms with Crippen molar-refractivity contribution in [1.82, 2.24) is 15.1 Å². The number of nitrogens with zero attached hydrogens (tertiary/aromatic N) is 2. The average molecular weight is 315 g/mol. The first-order valence-corrected chi connectivity index (χ1v) is 7.99. The smallest absolute Gasteiger partial charge is 0.255 e. The lowest BCUT2D eigenvalue weighted by atomic mass is 10.0. The SMILES string of the molecule is Cc1c(C(=O)NC(CO)CC(C)C)cnn1Cc1ccccc1. The zero-order valence-corrected chi connectivity index (χ0v) is 14.0. The first kappa shape index (κ1) is 17.2. The number of amides is 1. The molecule has 124 valence electrons. The molecule has 0 saturated heterocycles. The van der Waals surface area contributed by atoms with Gasteiger partial charge in [0.2, 0.25) is 0 Å². The van der Waals surface area contributed by atoms with Crippen LogP contribution in [0.1, 0.15) is 41.9 Å². The summed E-state index contributed by atoms with van der Waals surface area (Å²) in [6, 6.07) is 9.79. The third-order valence-electron chi connectivity index (χ3n) is 3.83. The second kappa shape index (κ2) is 7.92. The van der Waals surface area contributed by atoms with Crippen LogP contribution in [0, 0.1) is 12.8 Å². The van der Waals surface area contributed by atoms with Gasteiger partial charge in [0.15, 0.2) is 0 Å². The summed E-state index contributed by atoms with van der Waals surface area (Å²) in [5.41, 5.74) is 2.52. The van der Waals surface area contributed by atoms with Crippen molar-refractivity contribution in [1.29, 1.82) is 0 Å². The summed E-state index contributed by atoms with van der Waals surface area (Å²) in [6.07, 6.45) is 2.34. The van der Waals surface area contributed by atoms with E-state index in [4.69, 9.17) is 0 Å². The highest BCUT2D eigenvalue weighted by Gasteiger charge is 2.18. The number of nitrogens with one attached hydrogen (secondary N) is 1. The summed E-state index contributed by atoms with van der Waals surface area (Å²) in [4.78, 5) is 12.4. The first-order chi connectivity index (χ1) is 11.0. The average Bonchev–Trinajstić information content (AvgIpc) is 2.88. The number of rotatable bonds is 7. The van der Waals surface area contributed by atoms with Crippen LogP contribution in [-0.4, -0.2) is 33.4 Å². The van der Waals surface area contributed by atoms with Gasteiger partial charge in [-0.2, -0.15) is 5.10 Å². The van der Waals surface area contributed by atoms with Crippen LogP contribution in [0.3, 0.4) is 0 Å². The van der Waals surface area contributed by atoms with E-state index in [0.717, 1.165) is 17.7 Å². The molecule has 0 aliphatic carbocycles. The van der Waals surface area contributed by atoms with Crippen molar-refractivity contribution in [3.05, 3.63) is 53.3 Å². The number of hydrogen-bond acceptors (Lipinski definition) is 3. The molecule has 1 aromatic carbocycles. The standard InChI is InChI=1S/C18H25N3O2/c1-13(2)9-16(12-22)20-18(23)17-10-19-21(14(17)3)11-15-7-5-4-6-8-15/h4-8,10,13,16,22H,9,11-12H2,1-3H3,(H,20,23). The molecule has 2 aromatic rings. The van der Waals surface area contributed by atoms with Crippen molar-refractivity contribution in [2.24, 2.45) is 5.92 Å². The third kappa shape index (κ3) is 4.66. The van der Waals surface area contributed by atoms with Gasteiger partial charge in [0.1, 0.15) is 0 Å². The number of aromatic nitrogens is 2. The van der Waals surface area contributed by atoms with E-state index in [0.29, 0.717) is 18.0 Å². The molecule has 0 spiro atoms. The molecular weight excluding hydrogens is 290 g/mol. The highest BCUT2D eigenvalue weighted by Crippen LogP contribution is 2.12. The second-order valence-electron chi connectivity index (χ2n) is 6.27. The predicted octanol–water partition coefficient (Wildman–Crippen LogP) is 2.38. The van der Waals surface area contributed by atoms with Gasteiger partial charge in [-0.15, -0.1) is 0 Å². The van der Waals surface area contributed by atoms with Gasteiger partial charge in [0, 0.05) is 5.69 Å². The first-order valence-electron chi connectivity index (χ1n) is 7.99. The Bertz CT molecular complexity index is 635. The fraction of sp³-hybridized carbons (Fsp3) is 0.444. The molecule has 1 aromatic heterocycles. The zero-order valence-electron chi connectivity index (χ0n) is 14.0. The number of benzene rings is 1. The van der Waals surface area contributed by atoms with Gasteiger partial charge in [0.05, 0.1) is 31.0 Å². The molecule has 0 radical (unpaired) electrons. The normalized spacial score (nSPS) is 12.4. The molecule has 0 aliphatic heterocycles. The van der Waals surface area contributed by atoms with Crippen LogP contribution in [0.15, 0.2) is 36.5 Å². The summed E-state index contributed by atoms with van der Waals surface area (Å²) in [7, 11) is 0. The Morgan fingerprint density at radius 2 is 2.00 bits per heavy atom. The molecule has 23 heavy (non-hydrogen) atoms. The van der Waals surface area contributed by atoms with Crippen molar-refractivity contribution in [3.63, 3.8) is 0 Å². The third-order valence-corrected chi connectivity index (χ3v) is 3.83. The number of aliphatic hydroxyl groups is 1. The Morgan fingerprint density at radius 1 is 1.30 bits per heavy atom. The maximum atomic E-state index is 12.4. The van der Waals surface area contributed by atoms with Crippen LogP contribution in [-0.2, 0) is 6.54 Å². The quantitative estimate of drug-likeness (QED) is 0.824. The monoisotopic (exact) mass is 315 g/mol. The van der Waals surface area contributed by atoms with Gasteiger partial charge < -0.3 is 10.4 Å². The van der Waals surface area contributed by atoms with Crippen molar-refractivity contribution in [3.8, 4) is 0 Å². The minimum Gasteiger partial charge on any atom is -0.394 e. The molecule has 5 nitrogen and oxygen atoms in total. The van der Waals surface area contributed by atoms with Crippen molar-refractivity contribution >= 4 is 5.91 Å². The van der Waals surface area contributed by atoms with Crippen LogP contribution >= 0.6 is 0 Å². The number of aliphatic hydroxyl groups excluding tert-OH is 1. The summed E-state index contributed by atoms with van der Waals surface area (Å²) in [5.74, 6) is 0.232. The lowest BCUT2D eigenvalue weighted by Gasteiger charge is -2.18. The van der Waals surface area contributed by atoms with Gasteiger partial charge in [-0.3, -0.25) is 9.48 Å². The molecule has 0 fully saturated rings. The van der Waals surface area contributed by atoms with E-state index in [9.17, 15) is 9.90 Å². The lowest BCUT2D eigenvalue weighted by molar-refractivity contribution is 0.0907. The number of hydrogen-bond donors (Lipinski definition) is 2. The van der Waals surface area contributed by atoms with E-state index in [1.165, 1.54) is 0 Å². The van der Waals surface area contributed by atoms with Gasteiger partial charge in [-0.05, 0) is 24.8 Å². The van der Waals surface area contributed by atoms with E-state index < -0.39 is 0 Å². The van der Waals surface area contributed by atoms with E-state index in [2.05, 4.69) is 24.3 Å². The molecular formula is C18H25N3O2. The van der Waals surface area contributed by atoms with E-state index >= 15 is 0 Å². The Morgan fingerprint density at radius 3 is 2.61 bits per heavy atom. The maximum Gasteiger partial charge on any atom is 0.255 e. The Hall–Kier alpha value is -2.14. The lowest BCUT2D eigenvalue weighted by Crippen LogP contribution is -2.38. The largest absolute Gasteiger partial charge is 0.394 e. The van der Waals surface area contributed by atoms with E-state index in [-0.39, 0.29) is 18.6 Å². The maximum absolute atomic E-state index is 12.4. The van der Waals surface area contributed by atoms with Crippen LogP contribution < -0.4 is 5.32 Å². The van der Waals surface area contributed by atoms with Crippen LogP contribution in [0.25, 0.3) is 0 Å². The molecule has 1 amide bonds. The molecule has 5 heteroatoms. The summed E-state index contributed by atoms with van der Waals surface area (Å²) in [6.45, 7) is 6.60. The number of carbonyl (C=O) groups excluding carboxylic acids is 1. The second-order valence-corrected chi connectivity index (χ2v) is 6.27. The fourth-order valence-electron chi connectivity index (χ4n) is 2.60. The zero-order chi connectivity index (χ0) is 16.8. The molecule has 1 atom stereocenters. The highest BCUT2D eigenvalue weighted by atomic mass is 16.3. The van der Waals surface area contributed by atoms with Crippen molar-refractivity contribution in [2.45, 2.75) is 39.8 Å². The molecule has 0 saturated carbocycles. The topological polar surface area (TPSA) is 67.2 Å². The summed E-state index contributed by atoms with van der Waals surface area (Å²) >= 11 is 0. The Labute approximate surface area is 137 Å². The van der Waals surface area contributed by atoms with Crippen molar-refractivity contribution < 1.29 is 9.90 Å². The van der Waals surface area contributed by atoms with Gasteiger partial charge >= 0.3 is 0 Å². The van der Waals surface area contributed by atoms with E-state index in [1.54, 1.807) is 6.20 Å². The predicted molar refractivity (Wildman–Crippen MR) is 90.3 cm³/mol. The van der Waals surface area contributed by atoms with Crippen LogP contribution in [0.5, 0.6) is 0 Å². The highest BCUT2D eigenvalue weighted by molar-refractivity contribution is 5.95. The molecule has 1 unspecified atom stereocenters. The number of carbonyl (C=O) groups is 1. The molecule has 1 heterocycles. The van der Waals surface area contributed by atoms with Crippen LogP contribution in [0.2, 0.25) is 0 Å². The molecule has 0 aliphatic rings. The molecule has 0 bridgehead atoms. The molecule has 2 rings (SSSR count). The Balaban J connectivity index is 2.07. The molecule has 2 N–H and O–H groups in total. The summed E-state index contributed by atoms with van der Waals surface area (Å²) in [5, 5.41) is 16.6. The van der Waals surface area contributed by atoms with E-state index in [1.807, 2.05) is 41.9 Å². The minimum absolute atomic E-state index is 0.0544. The van der Waals surface area contributed by atoms with Gasteiger partial charge in [-0.1, -0.05) is 44.2 Å². The van der Waals surface area contributed by atoms with Crippen LogP contribution in [0.4, 0.5) is 0 Å². The van der Waals surface area contributed by atoms with Gasteiger partial charge in [0.25, 0.3) is 5.91 Å². The van der Waals surface area contributed by atoms with Gasteiger partial charge in [-0.25, -0.2) is 0 Å². The Kier molecular flexibility index (Phi) is 5.93. The fourth-order valence-corrected chi connectivity index (χ4v) is 2.60.